The predicted octanol–water partition coefficient (Wildman–Crippen LogP) is 3.10. The van der Waals surface area contributed by atoms with Crippen molar-refractivity contribution in [3.8, 4) is 0 Å². The predicted molar refractivity (Wildman–Crippen MR) is 97.5 cm³/mol. The molecule has 1 saturated heterocycles. The van der Waals surface area contributed by atoms with Crippen LogP contribution in [-0.2, 0) is 10.0 Å². The van der Waals surface area contributed by atoms with Crippen LogP contribution in [0.25, 0.3) is 0 Å². The molecule has 1 heterocycles. The van der Waals surface area contributed by atoms with Crippen molar-refractivity contribution in [1.29, 1.82) is 0 Å². The van der Waals surface area contributed by atoms with Crippen molar-refractivity contribution >= 4 is 10.0 Å². The molecular weight excluding hydrogens is 370 g/mol. The van der Waals surface area contributed by atoms with Crippen LogP contribution in [0.5, 0.6) is 0 Å². The van der Waals surface area contributed by atoms with E-state index in [1.54, 1.807) is 0 Å². The Bertz CT molecular complexity index is 808. The molecule has 0 radical (unpaired) electrons. The molecule has 6 rings (SSSR count). The summed E-state index contributed by atoms with van der Waals surface area (Å²) in [6.45, 7) is 2.06. The van der Waals surface area contributed by atoms with E-state index >= 15 is 0 Å². The number of halogens is 2. The lowest BCUT2D eigenvalue weighted by molar-refractivity contribution is -0.0720. The Kier molecular flexibility index (Phi) is 4.33. The maximum Gasteiger partial charge on any atom is 0.246 e. The molecule has 4 aliphatic carbocycles. The van der Waals surface area contributed by atoms with Gasteiger partial charge < -0.3 is 0 Å². The molecule has 0 aromatic heterocycles. The second-order valence-corrected chi connectivity index (χ2v) is 10.8. The molecule has 1 aliphatic heterocycles. The highest BCUT2D eigenvalue weighted by atomic mass is 32.2. The average molecular weight is 397 g/mol. The van der Waals surface area contributed by atoms with E-state index in [4.69, 9.17) is 0 Å². The van der Waals surface area contributed by atoms with Crippen molar-refractivity contribution in [2.24, 2.45) is 23.7 Å². The zero-order valence-electron chi connectivity index (χ0n) is 15.4. The number of nitrogens with zero attached hydrogens (tertiary/aromatic N) is 2. The second-order valence-electron chi connectivity index (χ2n) is 8.94. The average Bonchev–Trinajstić information content (AvgIpc) is 2.63. The van der Waals surface area contributed by atoms with Crippen molar-refractivity contribution in [2.75, 3.05) is 26.2 Å². The first-order valence-corrected chi connectivity index (χ1v) is 11.5. The summed E-state index contributed by atoms with van der Waals surface area (Å²) >= 11 is 0. The molecule has 4 saturated carbocycles. The fourth-order valence-corrected chi connectivity index (χ4v) is 8.05. The smallest absolute Gasteiger partial charge is 0.246 e. The van der Waals surface area contributed by atoms with Crippen LogP contribution in [0.2, 0.25) is 0 Å². The molecule has 0 atom stereocenters. The minimum atomic E-state index is -4.00. The minimum absolute atomic E-state index is 0.348. The molecule has 1 aromatic carbocycles. The molecule has 0 spiro atoms. The number of rotatable bonds is 3. The molecule has 5 aliphatic rings. The van der Waals surface area contributed by atoms with Gasteiger partial charge in [-0.25, -0.2) is 17.2 Å². The monoisotopic (exact) mass is 396 g/mol. The molecular formula is C20H26F2N2O2S. The Labute approximate surface area is 159 Å². The highest BCUT2D eigenvalue weighted by molar-refractivity contribution is 7.89. The van der Waals surface area contributed by atoms with Gasteiger partial charge in [-0.15, -0.1) is 0 Å². The summed E-state index contributed by atoms with van der Waals surface area (Å²) in [5.74, 6) is 1.75. The third-order valence-corrected chi connectivity index (χ3v) is 9.30. The van der Waals surface area contributed by atoms with Gasteiger partial charge in [0.1, 0.15) is 16.5 Å². The first-order valence-electron chi connectivity index (χ1n) is 10.1. The van der Waals surface area contributed by atoms with Gasteiger partial charge in [0, 0.05) is 32.2 Å². The topological polar surface area (TPSA) is 40.6 Å². The van der Waals surface area contributed by atoms with Crippen LogP contribution in [0.4, 0.5) is 8.78 Å². The molecule has 0 amide bonds. The minimum Gasteiger partial charge on any atom is -0.297 e. The molecule has 5 fully saturated rings. The summed E-state index contributed by atoms with van der Waals surface area (Å²) in [6, 6.07) is 3.20. The summed E-state index contributed by atoms with van der Waals surface area (Å²) in [5.41, 5.74) is 0. The number of hydrogen-bond acceptors (Lipinski definition) is 3. The van der Waals surface area contributed by atoms with Crippen LogP contribution in [0, 0.1) is 35.3 Å². The fraction of sp³-hybridized carbons (Fsp3) is 0.700. The second kappa shape index (κ2) is 6.49. The highest BCUT2D eigenvalue weighted by Gasteiger charge is 2.50. The molecule has 148 valence electrons. The highest BCUT2D eigenvalue weighted by Crippen LogP contribution is 2.55. The van der Waals surface area contributed by atoms with Gasteiger partial charge in [0.2, 0.25) is 10.0 Å². The van der Waals surface area contributed by atoms with Crippen LogP contribution in [0.15, 0.2) is 23.1 Å². The summed E-state index contributed by atoms with van der Waals surface area (Å²) in [5, 5.41) is 0. The lowest BCUT2D eigenvalue weighted by Gasteiger charge is -2.58. The van der Waals surface area contributed by atoms with Crippen LogP contribution < -0.4 is 0 Å². The normalized spacial score (nSPS) is 37.0. The van der Waals surface area contributed by atoms with Crippen molar-refractivity contribution in [1.82, 2.24) is 9.21 Å². The molecule has 1 aromatic rings. The van der Waals surface area contributed by atoms with Gasteiger partial charge >= 0.3 is 0 Å². The van der Waals surface area contributed by atoms with Gasteiger partial charge in [-0.05, 0) is 74.0 Å². The Hall–Kier alpha value is -1.05. The van der Waals surface area contributed by atoms with E-state index in [0.29, 0.717) is 32.2 Å². The largest absolute Gasteiger partial charge is 0.297 e. The van der Waals surface area contributed by atoms with Crippen LogP contribution in [-0.4, -0.2) is 49.8 Å². The fourth-order valence-electron chi connectivity index (χ4n) is 6.55. The van der Waals surface area contributed by atoms with E-state index in [2.05, 4.69) is 4.90 Å². The number of piperazine rings is 1. The van der Waals surface area contributed by atoms with Crippen LogP contribution in [0.1, 0.15) is 32.1 Å². The number of hydrogen-bond donors (Lipinski definition) is 0. The van der Waals surface area contributed by atoms with E-state index < -0.39 is 26.6 Å². The van der Waals surface area contributed by atoms with Crippen LogP contribution >= 0.6 is 0 Å². The lowest BCUT2D eigenvalue weighted by atomic mass is 9.54. The summed E-state index contributed by atoms with van der Waals surface area (Å²) in [4.78, 5) is 1.94. The molecule has 27 heavy (non-hydrogen) atoms. The van der Waals surface area contributed by atoms with Gasteiger partial charge in [0.05, 0.1) is 0 Å². The molecule has 4 bridgehead atoms. The van der Waals surface area contributed by atoms with E-state index in [1.165, 1.54) is 36.4 Å². The number of benzene rings is 1. The van der Waals surface area contributed by atoms with Gasteiger partial charge in [-0.2, -0.15) is 4.31 Å². The van der Waals surface area contributed by atoms with Gasteiger partial charge in [-0.3, -0.25) is 4.90 Å². The summed E-state index contributed by atoms with van der Waals surface area (Å²) in [6.07, 6.45) is 6.77. The lowest BCUT2D eigenvalue weighted by Crippen LogP contribution is -2.60. The maximum atomic E-state index is 14.0. The zero-order valence-corrected chi connectivity index (χ0v) is 16.2. The molecule has 7 heteroatoms. The Morgan fingerprint density at radius 1 is 0.852 bits per heavy atom. The van der Waals surface area contributed by atoms with E-state index in [-0.39, 0.29) is 0 Å². The van der Waals surface area contributed by atoms with E-state index in [1.807, 2.05) is 0 Å². The summed E-state index contributed by atoms with van der Waals surface area (Å²) < 4.78 is 54.4. The van der Waals surface area contributed by atoms with Gasteiger partial charge in [0.25, 0.3) is 0 Å². The maximum absolute atomic E-state index is 14.0. The van der Waals surface area contributed by atoms with E-state index in [9.17, 15) is 17.2 Å². The van der Waals surface area contributed by atoms with Crippen molar-refractivity contribution in [2.45, 2.75) is 43.0 Å². The van der Waals surface area contributed by atoms with Crippen LogP contribution in [0.3, 0.4) is 0 Å². The molecule has 0 N–H and O–H groups in total. The number of sulfonamides is 1. The van der Waals surface area contributed by atoms with Gasteiger partial charge in [-0.1, -0.05) is 0 Å². The Balaban J connectivity index is 1.30. The zero-order chi connectivity index (χ0) is 18.8. The molecule has 4 nitrogen and oxygen atoms in total. The standard InChI is InChI=1S/C20H26F2N2O2S/c21-17-1-2-18(22)19(12-17)27(25,26)24-5-3-23(4-6-24)20-15-8-13-7-14(10-15)11-16(20)9-13/h1-2,12-16,20H,3-11H2. The summed E-state index contributed by atoms with van der Waals surface area (Å²) in [7, 11) is -4.00. The van der Waals surface area contributed by atoms with Crippen molar-refractivity contribution in [3.63, 3.8) is 0 Å². The third kappa shape index (κ3) is 3.02. The third-order valence-electron chi connectivity index (χ3n) is 7.38. The molecule has 0 unspecified atom stereocenters. The Morgan fingerprint density at radius 2 is 1.44 bits per heavy atom. The van der Waals surface area contributed by atoms with Crippen molar-refractivity contribution < 1.29 is 17.2 Å². The first-order chi connectivity index (χ1) is 12.9. The first kappa shape index (κ1) is 18.0. The Morgan fingerprint density at radius 3 is 2.04 bits per heavy atom. The van der Waals surface area contributed by atoms with Gasteiger partial charge in [0.15, 0.2) is 0 Å². The quantitative estimate of drug-likeness (QED) is 0.788. The SMILES string of the molecule is O=S(=O)(c1cc(F)ccc1F)N1CCN(C2C3CC4CC(C3)CC2C4)CC1. The van der Waals surface area contributed by atoms with Crippen molar-refractivity contribution in [3.05, 3.63) is 29.8 Å². The van der Waals surface area contributed by atoms with E-state index in [0.717, 1.165) is 41.9 Å².